The lowest BCUT2D eigenvalue weighted by molar-refractivity contribution is -0.130. The van der Waals surface area contributed by atoms with E-state index >= 15 is 0 Å². The Balaban J connectivity index is 2.02. The van der Waals surface area contributed by atoms with E-state index in [-0.39, 0.29) is 6.04 Å². The molecule has 19 heavy (non-hydrogen) atoms. The van der Waals surface area contributed by atoms with Gasteiger partial charge >= 0.3 is 0 Å². The number of amides is 1. The van der Waals surface area contributed by atoms with Crippen molar-refractivity contribution in [2.75, 3.05) is 0 Å². The Labute approximate surface area is 112 Å². The van der Waals surface area contributed by atoms with E-state index in [1.165, 1.54) is 6.20 Å². The van der Waals surface area contributed by atoms with Gasteiger partial charge in [0.15, 0.2) is 6.10 Å². The van der Waals surface area contributed by atoms with Crippen LogP contribution in [0.5, 0.6) is 0 Å². The molecule has 0 spiro atoms. The topological polar surface area (TPSA) is 62.2 Å². The van der Waals surface area contributed by atoms with Crippen LogP contribution in [0.2, 0.25) is 0 Å². The van der Waals surface area contributed by atoms with Crippen LogP contribution in [-0.4, -0.2) is 16.0 Å². The molecule has 1 amide bonds. The zero-order valence-corrected chi connectivity index (χ0v) is 10.7. The highest BCUT2D eigenvalue weighted by Crippen LogP contribution is 2.15. The fraction of sp³-hybridized carbons (Fsp3) is 0.200. The molecule has 98 valence electrons. The number of rotatable bonds is 4. The number of pyridine rings is 1. The number of hydrogen-bond acceptors (Lipinski definition) is 3. The average Bonchev–Trinajstić information content (AvgIpc) is 2.48. The SMILES string of the molecule is C[C@H](NC(=O)C(O)c1cccnc1)c1ccccc1. The monoisotopic (exact) mass is 256 g/mol. The zero-order chi connectivity index (χ0) is 13.7. The Morgan fingerprint density at radius 2 is 1.84 bits per heavy atom. The van der Waals surface area contributed by atoms with Crippen LogP contribution in [0, 0.1) is 0 Å². The maximum Gasteiger partial charge on any atom is 0.254 e. The number of aliphatic hydroxyl groups is 1. The predicted molar refractivity (Wildman–Crippen MR) is 72.2 cm³/mol. The van der Waals surface area contributed by atoms with Gasteiger partial charge in [-0.2, -0.15) is 0 Å². The van der Waals surface area contributed by atoms with Crippen LogP contribution in [0.15, 0.2) is 54.9 Å². The summed E-state index contributed by atoms with van der Waals surface area (Å²) in [7, 11) is 0. The molecule has 0 bridgehead atoms. The molecule has 2 N–H and O–H groups in total. The number of aliphatic hydroxyl groups excluding tert-OH is 1. The van der Waals surface area contributed by atoms with Crippen LogP contribution >= 0.6 is 0 Å². The number of hydrogen-bond donors (Lipinski definition) is 2. The summed E-state index contributed by atoms with van der Waals surface area (Å²) in [6.45, 7) is 1.88. The van der Waals surface area contributed by atoms with Crippen LogP contribution in [0.3, 0.4) is 0 Å². The first-order valence-electron chi connectivity index (χ1n) is 6.12. The average molecular weight is 256 g/mol. The fourth-order valence-electron chi connectivity index (χ4n) is 1.81. The third-order valence-electron chi connectivity index (χ3n) is 2.91. The van der Waals surface area contributed by atoms with Crippen molar-refractivity contribution >= 4 is 5.91 Å². The maximum absolute atomic E-state index is 11.9. The van der Waals surface area contributed by atoms with E-state index in [2.05, 4.69) is 10.3 Å². The normalized spacial score (nSPS) is 13.6. The van der Waals surface area contributed by atoms with Crippen molar-refractivity contribution in [2.24, 2.45) is 0 Å². The largest absolute Gasteiger partial charge is 0.378 e. The van der Waals surface area contributed by atoms with Gasteiger partial charge in [0, 0.05) is 18.0 Å². The van der Waals surface area contributed by atoms with Gasteiger partial charge in [0.05, 0.1) is 6.04 Å². The second-order valence-electron chi connectivity index (χ2n) is 4.33. The molecule has 2 aromatic rings. The summed E-state index contributed by atoms with van der Waals surface area (Å²) in [5.41, 5.74) is 1.48. The Morgan fingerprint density at radius 3 is 2.47 bits per heavy atom. The third-order valence-corrected chi connectivity index (χ3v) is 2.91. The molecule has 1 aromatic carbocycles. The second kappa shape index (κ2) is 6.11. The van der Waals surface area contributed by atoms with E-state index in [4.69, 9.17) is 0 Å². The molecule has 0 saturated carbocycles. The smallest absolute Gasteiger partial charge is 0.254 e. The first kappa shape index (κ1) is 13.2. The van der Waals surface area contributed by atoms with Crippen molar-refractivity contribution in [3.05, 3.63) is 66.0 Å². The minimum absolute atomic E-state index is 0.153. The van der Waals surface area contributed by atoms with Gasteiger partial charge in [0.2, 0.25) is 0 Å². The summed E-state index contributed by atoms with van der Waals surface area (Å²) < 4.78 is 0. The quantitative estimate of drug-likeness (QED) is 0.879. The Bertz CT molecular complexity index is 528. The molecule has 0 aliphatic heterocycles. The van der Waals surface area contributed by atoms with Crippen LogP contribution in [-0.2, 0) is 4.79 Å². The number of nitrogens with zero attached hydrogens (tertiary/aromatic N) is 1. The molecule has 4 heteroatoms. The fourth-order valence-corrected chi connectivity index (χ4v) is 1.81. The van der Waals surface area contributed by atoms with Crippen molar-refractivity contribution in [1.82, 2.24) is 10.3 Å². The summed E-state index contributed by atoms with van der Waals surface area (Å²) in [4.78, 5) is 15.8. The lowest BCUT2D eigenvalue weighted by Gasteiger charge is -2.17. The van der Waals surface area contributed by atoms with Gasteiger partial charge in [-0.15, -0.1) is 0 Å². The molecule has 0 saturated heterocycles. The van der Waals surface area contributed by atoms with E-state index in [0.29, 0.717) is 5.56 Å². The number of carbonyl (C=O) groups excluding carboxylic acids is 1. The summed E-state index contributed by atoms with van der Waals surface area (Å²) in [5.74, 6) is -0.427. The lowest BCUT2D eigenvalue weighted by atomic mass is 10.1. The van der Waals surface area contributed by atoms with Gasteiger partial charge in [-0.1, -0.05) is 36.4 Å². The minimum atomic E-state index is -1.19. The molecule has 1 unspecified atom stereocenters. The van der Waals surface area contributed by atoms with Crippen LogP contribution in [0.1, 0.15) is 30.2 Å². The number of benzene rings is 1. The molecule has 0 aliphatic carbocycles. The summed E-state index contributed by atoms with van der Waals surface area (Å²) in [5, 5.41) is 12.7. The summed E-state index contributed by atoms with van der Waals surface area (Å²) in [6.07, 6.45) is 1.89. The van der Waals surface area contributed by atoms with E-state index < -0.39 is 12.0 Å². The number of nitrogens with one attached hydrogen (secondary N) is 1. The zero-order valence-electron chi connectivity index (χ0n) is 10.7. The van der Waals surface area contributed by atoms with Crippen LogP contribution < -0.4 is 5.32 Å². The van der Waals surface area contributed by atoms with Crippen molar-refractivity contribution in [3.8, 4) is 0 Å². The summed E-state index contributed by atoms with van der Waals surface area (Å²) in [6, 6.07) is 12.8. The van der Waals surface area contributed by atoms with Gasteiger partial charge in [0.1, 0.15) is 0 Å². The molecule has 1 aromatic heterocycles. The molecule has 2 atom stereocenters. The molecule has 0 radical (unpaired) electrons. The first-order valence-corrected chi connectivity index (χ1v) is 6.12. The highest BCUT2D eigenvalue weighted by atomic mass is 16.3. The van der Waals surface area contributed by atoms with Crippen molar-refractivity contribution in [1.29, 1.82) is 0 Å². The number of carbonyl (C=O) groups is 1. The highest BCUT2D eigenvalue weighted by Gasteiger charge is 2.19. The van der Waals surface area contributed by atoms with E-state index in [1.807, 2.05) is 37.3 Å². The Morgan fingerprint density at radius 1 is 1.16 bits per heavy atom. The standard InChI is InChI=1S/C15H16N2O2/c1-11(12-6-3-2-4-7-12)17-15(19)14(18)13-8-5-9-16-10-13/h2-11,14,18H,1H3,(H,17,19)/t11-,14?/m0/s1. The third kappa shape index (κ3) is 3.39. The van der Waals surface area contributed by atoms with Gasteiger partial charge in [-0.25, -0.2) is 0 Å². The molecule has 1 heterocycles. The van der Waals surface area contributed by atoms with Crippen molar-refractivity contribution < 1.29 is 9.90 Å². The van der Waals surface area contributed by atoms with Crippen LogP contribution in [0.25, 0.3) is 0 Å². The molecule has 4 nitrogen and oxygen atoms in total. The van der Waals surface area contributed by atoms with Gasteiger partial charge < -0.3 is 10.4 Å². The molecule has 0 aliphatic rings. The van der Waals surface area contributed by atoms with Crippen molar-refractivity contribution in [2.45, 2.75) is 19.1 Å². The minimum Gasteiger partial charge on any atom is -0.378 e. The van der Waals surface area contributed by atoms with E-state index in [0.717, 1.165) is 5.56 Å². The highest BCUT2D eigenvalue weighted by molar-refractivity contribution is 5.82. The molecular weight excluding hydrogens is 240 g/mol. The van der Waals surface area contributed by atoms with Gasteiger partial charge in [-0.05, 0) is 18.6 Å². The van der Waals surface area contributed by atoms with Crippen LogP contribution in [0.4, 0.5) is 0 Å². The Hall–Kier alpha value is -2.20. The molecule has 0 fully saturated rings. The number of aromatic nitrogens is 1. The van der Waals surface area contributed by atoms with Crippen molar-refractivity contribution in [3.63, 3.8) is 0 Å². The van der Waals surface area contributed by atoms with E-state index in [9.17, 15) is 9.90 Å². The maximum atomic E-state index is 11.9. The predicted octanol–water partition coefficient (Wildman–Crippen LogP) is 1.99. The Kier molecular flexibility index (Phi) is 4.26. The van der Waals surface area contributed by atoms with Gasteiger partial charge in [0.25, 0.3) is 5.91 Å². The second-order valence-corrected chi connectivity index (χ2v) is 4.33. The molecule has 2 rings (SSSR count). The first-order chi connectivity index (χ1) is 9.18. The van der Waals surface area contributed by atoms with E-state index in [1.54, 1.807) is 18.3 Å². The van der Waals surface area contributed by atoms with Gasteiger partial charge in [-0.3, -0.25) is 9.78 Å². The summed E-state index contributed by atoms with van der Waals surface area (Å²) >= 11 is 0. The lowest BCUT2D eigenvalue weighted by Crippen LogP contribution is -2.31. The molecular formula is C15H16N2O2.